The Balaban J connectivity index is 2.25. The third-order valence-corrected chi connectivity index (χ3v) is 3.18. The number of fused-ring (bicyclic) bond motifs is 1. The molecule has 0 unspecified atom stereocenters. The van der Waals surface area contributed by atoms with Crippen molar-refractivity contribution in [1.82, 2.24) is 19.9 Å². The van der Waals surface area contributed by atoms with Crippen LogP contribution in [-0.4, -0.2) is 19.9 Å². The average Bonchev–Trinajstić information content (AvgIpc) is 2.79. The van der Waals surface area contributed by atoms with Gasteiger partial charge in [-0.1, -0.05) is 11.6 Å². The summed E-state index contributed by atoms with van der Waals surface area (Å²) >= 11 is 7.60. The van der Waals surface area contributed by atoms with Crippen LogP contribution in [0.2, 0.25) is 5.15 Å². The summed E-state index contributed by atoms with van der Waals surface area (Å²) in [5, 5.41) is 3.28. The van der Waals surface area contributed by atoms with Crippen molar-refractivity contribution in [2.75, 3.05) is 0 Å². The standard InChI is InChI=1S/C10H5ClN4S/c11-8-6-2-4-16-10(6)15-9(14-8)7-1-3-12-5-13-7/h1-5H. The van der Waals surface area contributed by atoms with Crippen LogP contribution >= 0.6 is 22.9 Å². The van der Waals surface area contributed by atoms with Gasteiger partial charge in [0.1, 0.15) is 22.0 Å². The second-order valence-corrected chi connectivity index (χ2v) is 4.32. The number of hydrogen-bond donors (Lipinski definition) is 0. The molecule has 0 amide bonds. The number of nitrogens with zero attached hydrogens (tertiary/aromatic N) is 4. The van der Waals surface area contributed by atoms with E-state index in [1.807, 2.05) is 11.4 Å². The Hall–Kier alpha value is -1.59. The summed E-state index contributed by atoms with van der Waals surface area (Å²) in [6, 6.07) is 3.66. The summed E-state index contributed by atoms with van der Waals surface area (Å²) in [4.78, 5) is 17.4. The van der Waals surface area contributed by atoms with Crippen molar-refractivity contribution >= 4 is 33.2 Å². The van der Waals surface area contributed by atoms with Gasteiger partial charge in [0.2, 0.25) is 0 Å². The lowest BCUT2D eigenvalue weighted by molar-refractivity contribution is 1.12. The zero-order chi connectivity index (χ0) is 11.0. The van der Waals surface area contributed by atoms with Crippen LogP contribution in [0.15, 0.2) is 30.0 Å². The maximum Gasteiger partial charge on any atom is 0.181 e. The maximum atomic E-state index is 6.07. The highest BCUT2D eigenvalue weighted by Crippen LogP contribution is 2.27. The van der Waals surface area contributed by atoms with E-state index in [1.165, 1.54) is 17.7 Å². The fraction of sp³-hybridized carbons (Fsp3) is 0. The van der Waals surface area contributed by atoms with Crippen LogP contribution in [0.3, 0.4) is 0 Å². The summed E-state index contributed by atoms with van der Waals surface area (Å²) in [6.45, 7) is 0. The van der Waals surface area contributed by atoms with E-state index in [-0.39, 0.29) is 0 Å². The largest absolute Gasteiger partial charge is 0.245 e. The molecular formula is C10H5ClN4S. The van der Waals surface area contributed by atoms with E-state index in [0.717, 1.165) is 10.2 Å². The van der Waals surface area contributed by atoms with Crippen molar-refractivity contribution in [3.63, 3.8) is 0 Å². The van der Waals surface area contributed by atoms with Gasteiger partial charge in [-0.3, -0.25) is 0 Å². The summed E-state index contributed by atoms with van der Waals surface area (Å²) in [5.41, 5.74) is 0.673. The minimum Gasteiger partial charge on any atom is -0.245 e. The van der Waals surface area contributed by atoms with Crippen molar-refractivity contribution in [1.29, 1.82) is 0 Å². The third kappa shape index (κ3) is 1.54. The quantitative estimate of drug-likeness (QED) is 0.622. The van der Waals surface area contributed by atoms with Gasteiger partial charge in [0.25, 0.3) is 0 Å². The molecule has 0 aliphatic carbocycles. The van der Waals surface area contributed by atoms with Crippen molar-refractivity contribution in [2.45, 2.75) is 0 Å². The number of hydrogen-bond acceptors (Lipinski definition) is 5. The Bertz CT molecular complexity index is 638. The van der Waals surface area contributed by atoms with Gasteiger partial charge in [-0.15, -0.1) is 11.3 Å². The number of rotatable bonds is 1. The molecule has 6 heteroatoms. The molecule has 0 bridgehead atoms. The van der Waals surface area contributed by atoms with Gasteiger partial charge >= 0.3 is 0 Å². The Labute approximate surface area is 100.0 Å². The molecular weight excluding hydrogens is 244 g/mol. The van der Waals surface area contributed by atoms with Crippen LogP contribution < -0.4 is 0 Å². The Kier molecular flexibility index (Phi) is 2.27. The lowest BCUT2D eigenvalue weighted by atomic mass is 10.3. The maximum absolute atomic E-state index is 6.07. The van der Waals surface area contributed by atoms with E-state index in [1.54, 1.807) is 12.3 Å². The molecule has 0 aliphatic rings. The zero-order valence-corrected chi connectivity index (χ0v) is 9.53. The van der Waals surface area contributed by atoms with Crippen molar-refractivity contribution in [3.8, 4) is 11.5 Å². The molecule has 0 spiro atoms. The van der Waals surface area contributed by atoms with Gasteiger partial charge in [0.15, 0.2) is 5.82 Å². The van der Waals surface area contributed by atoms with Crippen LogP contribution in [0.25, 0.3) is 21.7 Å². The number of thiophene rings is 1. The monoisotopic (exact) mass is 248 g/mol. The van der Waals surface area contributed by atoms with Crippen LogP contribution in [-0.2, 0) is 0 Å². The van der Waals surface area contributed by atoms with E-state index in [9.17, 15) is 0 Å². The summed E-state index contributed by atoms with van der Waals surface area (Å²) in [7, 11) is 0. The highest BCUT2D eigenvalue weighted by atomic mass is 35.5. The zero-order valence-electron chi connectivity index (χ0n) is 7.96. The molecule has 3 aromatic heterocycles. The van der Waals surface area contributed by atoms with Gasteiger partial charge in [-0.2, -0.15) is 0 Å². The highest BCUT2D eigenvalue weighted by molar-refractivity contribution is 7.16. The van der Waals surface area contributed by atoms with E-state index < -0.39 is 0 Å². The summed E-state index contributed by atoms with van der Waals surface area (Å²) < 4.78 is 0. The lowest BCUT2D eigenvalue weighted by Gasteiger charge is -1.99. The molecule has 0 N–H and O–H groups in total. The molecule has 0 saturated carbocycles. The third-order valence-electron chi connectivity index (χ3n) is 2.09. The first-order chi connectivity index (χ1) is 7.84. The number of halogens is 1. The SMILES string of the molecule is Clc1nc(-c2ccncn2)nc2sccc12. The highest BCUT2D eigenvalue weighted by Gasteiger charge is 2.09. The van der Waals surface area contributed by atoms with Gasteiger partial charge < -0.3 is 0 Å². The first kappa shape index (κ1) is 9.62. The lowest BCUT2D eigenvalue weighted by Crippen LogP contribution is -1.92. The second-order valence-electron chi connectivity index (χ2n) is 3.07. The fourth-order valence-corrected chi connectivity index (χ4v) is 2.41. The minimum atomic E-state index is 0.458. The normalized spacial score (nSPS) is 10.8. The Morgan fingerprint density at radius 3 is 2.94 bits per heavy atom. The van der Waals surface area contributed by atoms with Gasteiger partial charge in [-0.05, 0) is 17.5 Å². The molecule has 4 nitrogen and oxygen atoms in total. The molecule has 3 heterocycles. The molecule has 16 heavy (non-hydrogen) atoms. The van der Waals surface area contributed by atoms with E-state index in [2.05, 4.69) is 19.9 Å². The molecule has 0 aliphatic heterocycles. The summed E-state index contributed by atoms with van der Waals surface area (Å²) in [5.74, 6) is 0.530. The van der Waals surface area contributed by atoms with Gasteiger partial charge in [0, 0.05) is 11.6 Å². The van der Waals surface area contributed by atoms with E-state index >= 15 is 0 Å². The minimum absolute atomic E-state index is 0.458. The molecule has 0 fully saturated rings. The van der Waals surface area contributed by atoms with Crippen molar-refractivity contribution in [3.05, 3.63) is 35.2 Å². The number of aromatic nitrogens is 4. The van der Waals surface area contributed by atoms with Crippen LogP contribution in [0, 0.1) is 0 Å². The van der Waals surface area contributed by atoms with Crippen LogP contribution in [0.5, 0.6) is 0 Å². The van der Waals surface area contributed by atoms with Crippen LogP contribution in [0.1, 0.15) is 0 Å². The average molecular weight is 249 g/mol. The Morgan fingerprint density at radius 2 is 2.12 bits per heavy atom. The second kappa shape index (κ2) is 3.77. The predicted molar refractivity (Wildman–Crippen MR) is 63.5 cm³/mol. The van der Waals surface area contributed by atoms with E-state index in [4.69, 9.17) is 11.6 Å². The molecule has 78 valence electrons. The molecule has 0 atom stereocenters. The molecule has 0 aromatic carbocycles. The smallest absolute Gasteiger partial charge is 0.181 e. The van der Waals surface area contributed by atoms with Gasteiger partial charge in [-0.25, -0.2) is 19.9 Å². The van der Waals surface area contributed by atoms with Crippen LogP contribution in [0.4, 0.5) is 0 Å². The predicted octanol–water partition coefficient (Wildman–Crippen LogP) is 2.80. The molecule has 3 rings (SSSR count). The summed E-state index contributed by atoms with van der Waals surface area (Å²) in [6.07, 6.45) is 3.11. The molecule has 0 radical (unpaired) electrons. The first-order valence-electron chi connectivity index (χ1n) is 4.52. The molecule has 3 aromatic rings. The fourth-order valence-electron chi connectivity index (χ4n) is 1.36. The Morgan fingerprint density at radius 1 is 1.19 bits per heavy atom. The van der Waals surface area contributed by atoms with Gasteiger partial charge in [0.05, 0.1) is 0 Å². The van der Waals surface area contributed by atoms with Crippen molar-refractivity contribution in [2.24, 2.45) is 0 Å². The van der Waals surface area contributed by atoms with Crippen molar-refractivity contribution < 1.29 is 0 Å². The topological polar surface area (TPSA) is 51.6 Å². The molecule has 0 saturated heterocycles. The van der Waals surface area contributed by atoms with E-state index in [0.29, 0.717) is 16.7 Å². The first-order valence-corrected chi connectivity index (χ1v) is 5.77.